The fourth-order valence-electron chi connectivity index (χ4n) is 3.78. The molecule has 3 aromatic rings. The van der Waals surface area contributed by atoms with E-state index in [0.29, 0.717) is 39.4 Å². The van der Waals surface area contributed by atoms with Gasteiger partial charge < -0.3 is 14.6 Å². The Morgan fingerprint density at radius 2 is 1.79 bits per heavy atom. The Bertz CT molecular complexity index is 1460. The minimum absolute atomic E-state index is 0.0781. The van der Waals surface area contributed by atoms with Crippen LogP contribution in [0.3, 0.4) is 0 Å². The first kappa shape index (κ1) is 26.6. The van der Waals surface area contributed by atoms with Crippen LogP contribution in [0.25, 0.3) is 6.08 Å². The van der Waals surface area contributed by atoms with E-state index >= 15 is 0 Å². The lowest BCUT2D eigenvalue weighted by atomic mass is 10.1. The number of hydrogen-bond acceptors (Lipinski definition) is 6. The Labute approximate surface area is 226 Å². The van der Waals surface area contributed by atoms with Gasteiger partial charge in [0, 0.05) is 0 Å². The zero-order valence-electron chi connectivity index (χ0n) is 20.5. The maximum atomic E-state index is 13.2. The van der Waals surface area contributed by atoms with Gasteiger partial charge in [-0.3, -0.25) is 14.9 Å². The molecule has 38 heavy (non-hydrogen) atoms. The van der Waals surface area contributed by atoms with Gasteiger partial charge in [-0.05, 0) is 83.4 Å². The van der Waals surface area contributed by atoms with E-state index < -0.39 is 23.8 Å². The SMILES string of the molecule is CCOc1cc(C=C2C(=O)NC(=O)N(c3ccc(C)cc3)C2=O)cc(Br)c1OCc1cccc(C(=O)O)c1. The smallest absolute Gasteiger partial charge is 0.335 e. The highest BCUT2D eigenvalue weighted by Gasteiger charge is 2.36. The van der Waals surface area contributed by atoms with Gasteiger partial charge in [-0.15, -0.1) is 0 Å². The lowest BCUT2D eigenvalue weighted by Crippen LogP contribution is -2.54. The summed E-state index contributed by atoms with van der Waals surface area (Å²) in [5, 5.41) is 11.4. The van der Waals surface area contributed by atoms with Gasteiger partial charge in [0.2, 0.25) is 0 Å². The molecular formula is C28H23BrN2O7. The number of imide groups is 2. The van der Waals surface area contributed by atoms with Gasteiger partial charge in [0.1, 0.15) is 12.2 Å². The van der Waals surface area contributed by atoms with Crippen molar-refractivity contribution in [3.8, 4) is 11.5 Å². The van der Waals surface area contributed by atoms with Crippen LogP contribution in [0.1, 0.15) is 34.0 Å². The second kappa shape index (κ2) is 11.3. The third-order valence-electron chi connectivity index (χ3n) is 5.59. The van der Waals surface area contributed by atoms with Crippen molar-refractivity contribution >= 4 is 51.5 Å². The summed E-state index contributed by atoms with van der Waals surface area (Å²) in [6, 6.07) is 15.6. The molecule has 10 heteroatoms. The first-order chi connectivity index (χ1) is 18.2. The molecule has 9 nitrogen and oxygen atoms in total. The van der Waals surface area contributed by atoms with Crippen molar-refractivity contribution in [1.29, 1.82) is 0 Å². The normalized spacial score (nSPS) is 14.4. The van der Waals surface area contributed by atoms with E-state index in [2.05, 4.69) is 21.2 Å². The second-order valence-electron chi connectivity index (χ2n) is 8.35. The molecule has 0 saturated carbocycles. The van der Waals surface area contributed by atoms with Crippen LogP contribution < -0.4 is 19.7 Å². The molecule has 4 rings (SSSR count). The fraction of sp³-hybridized carbons (Fsp3) is 0.143. The predicted molar refractivity (Wildman–Crippen MR) is 143 cm³/mol. The topological polar surface area (TPSA) is 122 Å². The number of carboxylic acids is 1. The number of urea groups is 1. The third-order valence-corrected chi connectivity index (χ3v) is 6.18. The van der Waals surface area contributed by atoms with Crippen LogP contribution in [0.2, 0.25) is 0 Å². The average Bonchev–Trinajstić information content (AvgIpc) is 2.87. The van der Waals surface area contributed by atoms with Gasteiger partial charge in [0.05, 0.1) is 22.3 Å². The Balaban J connectivity index is 1.64. The van der Waals surface area contributed by atoms with Gasteiger partial charge in [-0.25, -0.2) is 14.5 Å². The van der Waals surface area contributed by atoms with Crippen LogP contribution >= 0.6 is 15.9 Å². The molecule has 1 fully saturated rings. The van der Waals surface area contributed by atoms with Crippen molar-refractivity contribution < 1.29 is 33.8 Å². The number of barbiturate groups is 1. The van der Waals surface area contributed by atoms with E-state index in [-0.39, 0.29) is 17.7 Å². The van der Waals surface area contributed by atoms with Crippen molar-refractivity contribution in [2.45, 2.75) is 20.5 Å². The standard InChI is InChI=1S/C28H23BrN2O7/c1-3-37-23-14-18(13-22(29)24(23)38-15-17-5-4-6-19(11-17)27(34)35)12-21-25(32)30-28(36)31(26(21)33)20-9-7-16(2)8-10-20/h4-14H,3,15H2,1-2H3,(H,34,35)(H,30,32,36). The maximum absolute atomic E-state index is 13.2. The van der Waals surface area contributed by atoms with Crippen molar-refractivity contribution in [1.82, 2.24) is 5.32 Å². The van der Waals surface area contributed by atoms with Crippen LogP contribution in [0, 0.1) is 6.92 Å². The van der Waals surface area contributed by atoms with Crippen molar-refractivity contribution in [2.24, 2.45) is 0 Å². The molecule has 1 aliphatic heterocycles. The lowest BCUT2D eigenvalue weighted by molar-refractivity contribution is -0.122. The van der Waals surface area contributed by atoms with E-state index in [1.54, 1.807) is 55.5 Å². The Morgan fingerprint density at radius 3 is 2.47 bits per heavy atom. The first-order valence-corrected chi connectivity index (χ1v) is 12.4. The van der Waals surface area contributed by atoms with Crippen LogP contribution in [-0.2, 0) is 16.2 Å². The summed E-state index contributed by atoms with van der Waals surface area (Å²) in [5.74, 6) is -1.89. The quantitative estimate of drug-likeness (QED) is 0.281. The number of aryl methyl sites for hydroxylation is 1. The molecule has 3 aromatic carbocycles. The number of carboxylic acid groups (broad SMARTS) is 1. The number of anilines is 1. The number of halogens is 1. The summed E-state index contributed by atoms with van der Waals surface area (Å²) in [4.78, 5) is 50.4. The van der Waals surface area contributed by atoms with E-state index in [4.69, 9.17) is 9.47 Å². The van der Waals surface area contributed by atoms with Gasteiger partial charge >= 0.3 is 12.0 Å². The molecule has 1 aliphatic rings. The number of carbonyl (C=O) groups excluding carboxylic acids is 3. The van der Waals surface area contributed by atoms with E-state index in [1.807, 2.05) is 6.92 Å². The zero-order valence-corrected chi connectivity index (χ0v) is 22.1. The summed E-state index contributed by atoms with van der Waals surface area (Å²) in [5.41, 5.74) is 2.32. The van der Waals surface area contributed by atoms with Gasteiger partial charge in [-0.2, -0.15) is 0 Å². The molecule has 0 aliphatic carbocycles. The van der Waals surface area contributed by atoms with Gasteiger partial charge in [-0.1, -0.05) is 29.8 Å². The highest BCUT2D eigenvalue weighted by atomic mass is 79.9. The molecule has 0 atom stereocenters. The summed E-state index contributed by atoms with van der Waals surface area (Å²) in [6.45, 7) is 4.06. The van der Waals surface area contributed by atoms with Crippen LogP contribution in [0.4, 0.5) is 10.5 Å². The number of nitrogens with zero attached hydrogens (tertiary/aromatic N) is 1. The van der Waals surface area contributed by atoms with E-state index in [1.165, 1.54) is 18.2 Å². The lowest BCUT2D eigenvalue weighted by Gasteiger charge is -2.26. The number of hydrogen-bond donors (Lipinski definition) is 2. The fourth-order valence-corrected chi connectivity index (χ4v) is 4.35. The molecule has 2 N–H and O–H groups in total. The van der Waals surface area contributed by atoms with Gasteiger partial charge in [0.25, 0.3) is 11.8 Å². The predicted octanol–water partition coefficient (Wildman–Crippen LogP) is 5.10. The third kappa shape index (κ3) is 5.76. The number of nitrogens with one attached hydrogen (secondary N) is 1. The van der Waals surface area contributed by atoms with Crippen LogP contribution in [-0.4, -0.2) is 35.5 Å². The second-order valence-corrected chi connectivity index (χ2v) is 9.20. The first-order valence-electron chi connectivity index (χ1n) is 11.6. The largest absolute Gasteiger partial charge is 0.490 e. The number of amides is 4. The molecule has 1 saturated heterocycles. The molecule has 0 spiro atoms. The molecular weight excluding hydrogens is 556 g/mol. The number of carbonyl (C=O) groups is 4. The highest BCUT2D eigenvalue weighted by Crippen LogP contribution is 2.38. The zero-order chi connectivity index (χ0) is 27.4. The molecule has 1 heterocycles. The maximum Gasteiger partial charge on any atom is 0.335 e. The summed E-state index contributed by atoms with van der Waals surface area (Å²) in [7, 11) is 0. The number of rotatable bonds is 8. The molecule has 0 bridgehead atoms. The molecule has 194 valence electrons. The summed E-state index contributed by atoms with van der Waals surface area (Å²) >= 11 is 3.46. The summed E-state index contributed by atoms with van der Waals surface area (Å²) < 4.78 is 12.2. The molecule has 0 aromatic heterocycles. The Morgan fingerprint density at radius 1 is 1.05 bits per heavy atom. The monoisotopic (exact) mass is 578 g/mol. The summed E-state index contributed by atoms with van der Waals surface area (Å²) in [6.07, 6.45) is 1.37. The minimum Gasteiger partial charge on any atom is -0.490 e. The average molecular weight is 579 g/mol. The van der Waals surface area contributed by atoms with Crippen molar-refractivity contribution in [3.05, 3.63) is 93.0 Å². The highest BCUT2D eigenvalue weighted by molar-refractivity contribution is 9.10. The number of aromatic carboxylic acids is 1. The molecule has 0 radical (unpaired) electrons. The molecule has 4 amide bonds. The van der Waals surface area contributed by atoms with Crippen molar-refractivity contribution in [2.75, 3.05) is 11.5 Å². The Kier molecular flexibility index (Phi) is 7.92. The van der Waals surface area contributed by atoms with E-state index in [9.17, 15) is 24.3 Å². The molecule has 0 unspecified atom stereocenters. The van der Waals surface area contributed by atoms with Crippen molar-refractivity contribution in [3.63, 3.8) is 0 Å². The van der Waals surface area contributed by atoms with Gasteiger partial charge in [0.15, 0.2) is 11.5 Å². The van der Waals surface area contributed by atoms with Crippen LogP contribution in [0.5, 0.6) is 11.5 Å². The number of ether oxygens (including phenoxy) is 2. The Hall–Kier alpha value is -4.44. The number of benzene rings is 3. The van der Waals surface area contributed by atoms with Crippen LogP contribution in [0.15, 0.2) is 70.7 Å². The minimum atomic E-state index is -1.04. The van der Waals surface area contributed by atoms with E-state index in [0.717, 1.165) is 10.5 Å².